The average Bonchev–Trinajstić information content (AvgIpc) is 3.40. The second kappa shape index (κ2) is 10.4. The highest BCUT2D eigenvalue weighted by Gasteiger charge is 2.35. The summed E-state index contributed by atoms with van der Waals surface area (Å²) in [6.07, 6.45) is 1.46. The minimum atomic E-state index is -0.574. The number of carbonyl (C=O) groups is 1. The molecule has 0 saturated carbocycles. The number of nitrogens with zero attached hydrogens (tertiary/aromatic N) is 3. The number of benzene rings is 3. The van der Waals surface area contributed by atoms with Crippen molar-refractivity contribution in [3.63, 3.8) is 0 Å². The van der Waals surface area contributed by atoms with Crippen LogP contribution in [0, 0.1) is 0 Å². The first-order chi connectivity index (χ1) is 18.1. The van der Waals surface area contributed by atoms with E-state index in [0.29, 0.717) is 46.8 Å². The van der Waals surface area contributed by atoms with E-state index in [1.807, 2.05) is 61.5 Å². The van der Waals surface area contributed by atoms with Gasteiger partial charge in [-0.2, -0.15) is 10.1 Å². The number of anilines is 2. The molecule has 2 N–H and O–H groups in total. The number of amides is 1. The monoisotopic (exact) mass is 497 g/mol. The van der Waals surface area contributed by atoms with E-state index < -0.39 is 6.04 Å². The molecule has 0 unspecified atom stereocenters. The van der Waals surface area contributed by atoms with Crippen molar-refractivity contribution in [2.75, 3.05) is 24.9 Å². The Morgan fingerprint density at radius 2 is 1.78 bits per heavy atom. The van der Waals surface area contributed by atoms with Gasteiger partial charge >= 0.3 is 0 Å². The van der Waals surface area contributed by atoms with Gasteiger partial charge in [0, 0.05) is 17.3 Å². The second-order valence-corrected chi connectivity index (χ2v) is 8.43. The number of fused-ring (bicyclic) bond motifs is 1. The van der Waals surface area contributed by atoms with Gasteiger partial charge in [0.05, 0.1) is 25.5 Å². The third kappa shape index (κ3) is 4.84. The summed E-state index contributed by atoms with van der Waals surface area (Å²) >= 11 is 0. The van der Waals surface area contributed by atoms with E-state index in [4.69, 9.17) is 14.2 Å². The highest BCUT2D eigenvalue weighted by atomic mass is 16.5. The summed E-state index contributed by atoms with van der Waals surface area (Å²) in [7, 11) is 3.12. The van der Waals surface area contributed by atoms with Gasteiger partial charge in [0.2, 0.25) is 5.95 Å². The van der Waals surface area contributed by atoms with Crippen molar-refractivity contribution in [2.45, 2.75) is 19.6 Å². The molecule has 0 spiro atoms. The first-order valence-electron chi connectivity index (χ1n) is 11.8. The Balaban J connectivity index is 1.52. The molecule has 2 heterocycles. The van der Waals surface area contributed by atoms with Gasteiger partial charge in [-0.05, 0) is 30.7 Å². The first-order valence-corrected chi connectivity index (χ1v) is 11.8. The van der Waals surface area contributed by atoms with Crippen LogP contribution in [0.1, 0.15) is 24.1 Å². The molecular formula is C28H27N5O4. The summed E-state index contributed by atoms with van der Waals surface area (Å²) in [4.78, 5) is 18.1. The Hall–Kier alpha value is -4.79. The van der Waals surface area contributed by atoms with E-state index in [-0.39, 0.29) is 5.91 Å². The van der Waals surface area contributed by atoms with Gasteiger partial charge in [0.15, 0.2) is 0 Å². The Morgan fingerprint density at radius 3 is 2.57 bits per heavy atom. The largest absolute Gasteiger partial charge is 0.497 e. The zero-order chi connectivity index (χ0) is 25.8. The lowest BCUT2D eigenvalue weighted by molar-refractivity contribution is -0.113. The predicted octanol–water partition coefficient (Wildman–Crippen LogP) is 4.80. The molecule has 0 saturated heterocycles. The van der Waals surface area contributed by atoms with Crippen molar-refractivity contribution in [3.8, 4) is 17.2 Å². The van der Waals surface area contributed by atoms with E-state index in [2.05, 4.69) is 20.7 Å². The van der Waals surface area contributed by atoms with E-state index >= 15 is 0 Å². The highest BCUT2D eigenvalue weighted by Crippen LogP contribution is 2.40. The van der Waals surface area contributed by atoms with Crippen LogP contribution in [0.4, 0.5) is 11.6 Å². The molecule has 1 aliphatic rings. The smallest absolute Gasteiger partial charge is 0.255 e. The van der Waals surface area contributed by atoms with Gasteiger partial charge < -0.3 is 24.8 Å². The van der Waals surface area contributed by atoms with Gasteiger partial charge in [0.25, 0.3) is 5.91 Å². The number of allylic oxidation sites excluding steroid dienone is 1. The van der Waals surface area contributed by atoms with Gasteiger partial charge in [-0.25, -0.2) is 4.68 Å². The molecule has 1 aromatic heterocycles. The molecule has 1 amide bonds. The number of hydrogen-bond acceptors (Lipinski definition) is 7. The number of methoxy groups -OCH3 is 2. The van der Waals surface area contributed by atoms with Crippen LogP contribution < -0.4 is 24.8 Å². The van der Waals surface area contributed by atoms with Crippen molar-refractivity contribution in [3.05, 3.63) is 102 Å². The van der Waals surface area contributed by atoms with Crippen LogP contribution in [0.25, 0.3) is 0 Å². The van der Waals surface area contributed by atoms with Crippen LogP contribution in [0.15, 0.2) is 90.4 Å². The summed E-state index contributed by atoms with van der Waals surface area (Å²) in [5, 5.41) is 10.6. The summed E-state index contributed by atoms with van der Waals surface area (Å²) in [6.45, 7) is 2.24. The van der Waals surface area contributed by atoms with Crippen LogP contribution in [0.3, 0.4) is 0 Å². The summed E-state index contributed by atoms with van der Waals surface area (Å²) in [5.41, 5.74) is 3.49. The van der Waals surface area contributed by atoms with Gasteiger partial charge in [0.1, 0.15) is 36.2 Å². The fourth-order valence-corrected chi connectivity index (χ4v) is 4.34. The molecule has 9 heteroatoms. The van der Waals surface area contributed by atoms with Crippen molar-refractivity contribution in [2.24, 2.45) is 0 Å². The lowest BCUT2D eigenvalue weighted by atomic mass is 9.94. The number of rotatable bonds is 8. The quantitative estimate of drug-likeness (QED) is 0.361. The third-order valence-electron chi connectivity index (χ3n) is 6.15. The maximum absolute atomic E-state index is 13.8. The average molecular weight is 498 g/mol. The van der Waals surface area contributed by atoms with Crippen molar-refractivity contribution < 1.29 is 19.0 Å². The fraction of sp³-hybridized carbons (Fsp3) is 0.179. The van der Waals surface area contributed by atoms with Crippen LogP contribution >= 0.6 is 0 Å². The van der Waals surface area contributed by atoms with E-state index in [0.717, 1.165) is 11.1 Å². The van der Waals surface area contributed by atoms with E-state index in [1.165, 1.54) is 6.33 Å². The van der Waals surface area contributed by atoms with Crippen molar-refractivity contribution >= 4 is 17.5 Å². The summed E-state index contributed by atoms with van der Waals surface area (Å²) in [5.74, 6) is 2.00. The molecule has 37 heavy (non-hydrogen) atoms. The Kier molecular flexibility index (Phi) is 6.76. The molecule has 3 aromatic carbocycles. The normalized spacial score (nSPS) is 14.4. The number of ether oxygens (including phenoxy) is 3. The molecule has 0 fully saturated rings. The maximum Gasteiger partial charge on any atom is 0.255 e. The van der Waals surface area contributed by atoms with Gasteiger partial charge in [-0.15, -0.1) is 0 Å². The maximum atomic E-state index is 13.8. The number of aromatic nitrogens is 3. The van der Waals surface area contributed by atoms with Crippen LogP contribution in [0.5, 0.6) is 17.2 Å². The van der Waals surface area contributed by atoms with E-state index in [1.54, 1.807) is 37.1 Å². The van der Waals surface area contributed by atoms with Crippen LogP contribution in [0.2, 0.25) is 0 Å². The van der Waals surface area contributed by atoms with Crippen LogP contribution in [-0.2, 0) is 11.4 Å². The lowest BCUT2D eigenvalue weighted by Gasteiger charge is -2.30. The SMILES string of the molecule is COc1ccc(NC(=O)C2=C(C)Nc3ncnn3[C@@H]2c2ccccc2OCc2ccccc2)c(OC)c1. The summed E-state index contributed by atoms with van der Waals surface area (Å²) < 4.78 is 18.7. The van der Waals surface area contributed by atoms with Crippen molar-refractivity contribution in [1.82, 2.24) is 14.8 Å². The molecular weight excluding hydrogens is 470 g/mol. The molecule has 9 nitrogen and oxygen atoms in total. The van der Waals surface area contributed by atoms with Gasteiger partial charge in [-0.3, -0.25) is 4.79 Å². The van der Waals surface area contributed by atoms with Crippen molar-refractivity contribution in [1.29, 1.82) is 0 Å². The lowest BCUT2D eigenvalue weighted by Crippen LogP contribution is -2.31. The first kappa shape index (κ1) is 23.9. The standard InChI is InChI=1S/C28H27N5O4/c1-18-25(27(34)32-22-14-13-20(35-2)15-24(22)36-3)26(33-28(31-18)29-17-30-33)21-11-7-8-12-23(21)37-16-19-9-5-4-6-10-19/h4-15,17,26H,16H2,1-3H3,(H,32,34)(H,29,30,31)/t26-/m1/s1. The molecule has 0 radical (unpaired) electrons. The number of nitrogens with one attached hydrogen (secondary N) is 2. The number of hydrogen-bond donors (Lipinski definition) is 2. The Morgan fingerprint density at radius 1 is 1.00 bits per heavy atom. The molecule has 0 bridgehead atoms. The van der Waals surface area contributed by atoms with E-state index in [9.17, 15) is 4.79 Å². The second-order valence-electron chi connectivity index (χ2n) is 8.43. The number of carbonyl (C=O) groups excluding carboxylic acids is 1. The molecule has 5 rings (SSSR count). The molecule has 1 aliphatic heterocycles. The van der Waals surface area contributed by atoms with Gasteiger partial charge in [-0.1, -0.05) is 48.5 Å². The minimum absolute atomic E-state index is 0.308. The molecule has 0 aliphatic carbocycles. The highest BCUT2D eigenvalue weighted by molar-refractivity contribution is 6.06. The summed E-state index contributed by atoms with van der Waals surface area (Å²) in [6, 6.07) is 22.2. The van der Waals surface area contributed by atoms with Crippen LogP contribution in [-0.4, -0.2) is 34.9 Å². The zero-order valence-electron chi connectivity index (χ0n) is 20.8. The molecule has 188 valence electrons. The molecule has 1 atom stereocenters. The third-order valence-corrected chi connectivity index (χ3v) is 6.15. The Bertz CT molecular complexity index is 1450. The fourth-order valence-electron chi connectivity index (χ4n) is 4.34. The zero-order valence-corrected chi connectivity index (χ0v) is 20.8. The Labute approximate surface area is 214 Å². The minimum Gasteiger partial charge on any atom is -0.497 e. The topological polar surface area (TPSA) is 99.5 Å². The predicted molar refractivity (Wildman–Crippen MR) is 140 cm³/mol. The molecule has 4 aromatic rings. The number of para-hydroxylation sites is 1.